The van der Waals surface area contributed by atoms with E-state index >= 15 is 0 Å². The Kier molecular flexibility index (Phi) is 3.68. The first-order valence-electron chi connectivity index (χ1n) is 4.86. The molecule has 0 saturated heterocycles. The molecular weight excluding hydrogens is 182 g/mol. The van der Waals surface area contributed by atoms with E-state index in [4.69, 9.17) is 5.11 Å². The van der Waals surface area contributed by atoms with Gasteiger partial charge in [0, 0.05) is 6.42 Å². The minimum absolute atomic E-state index is 0.00171. The number of carboxylic acids is 1. The zero-order valence-electron chi connectivity index (χ0n) is 8.25. The van der Waals surface area contributed by atoms with E-state index in [0.717, 1.165) is 12.8 Å². The summed E-state index contributed by atoms with van der Waals surface area (Å²) in [6.45, 7) is 1.83. The van der Waals surface area contributed by atoms with Crippen molar-refractivity contribution in [3.63, 3.8) is 0 Å². The van der Waals surface area contributed by atoms with E-state index in [2.05, 4.69) is 5.32 Å². The van der Waals surface area contributed by atoms with Crippen LogP contribution in [0.3, 0.4) is 0 Å². The third kappa shape index (κ3) is 3.60. The Morgan fingerprint density at radius 2 is 2.14 bits per heavy atom. The van der Waals surface area contributed by atoms with Gasteiger partial charge >= 0.3 is 5.97 Å². The lowest BCUT2D eigenvalue weighted by Gasteiger charge is -2.04. The molecule has 78 valence electrons. The molecule has 0 heterocycles. The molecular formula is C10H15NO3. The fourth-order valence-corrected chi connectivity index (χ4v) is 1.18. The van der Waals surface area contributed by atoms with E-state index in [1.807, 2.05) is 6.92 Å². The van der Waals surface area contributed by atoms with Crippen LogP contribution in [-0.2, 0) is 9.59 Å². The molecule has 0 unspecified atom stereocenters. The van der Waals surface area contributed by atoms with Gasteiger partial charge in [-0.05, 0) is 25.2 Å². The average molecular weight is 197 g/mol. The lowest BCUT2D eigenvalue weighted by Crippen LogP contribution is -2.27. The number of carboxylic acid groups (broad SMARTS) is 1. The zero-order chi connectivity index (χ0) is 10.6. The van der Waals surface area contributed by atoms with Gasteiger partial charge in [0.05, 0.1) is 0 Å². The number of rotatable bonds is 5. The van der Waals surface area contributed by atoms with Gasteiger partial charge in [0.15, 0.2) is 0 Å². The van der Waals surface area contributed by atoms with E-state index in [0.29, 0.717) is 18.8 Å². The van der Waals surface area contributed by atoms with Crippen molar-refractivity contribution in [2.24, 2.45) is 5.92 Å². The molecule has 0 atom stereocenters. The molecule has 1 aliphatic rings. The van der Waals surface area contributed by atoms with Crippen LogP contribution >= 0.6 is 0 Å². The van der Waals surface area contributed by atoms with Gasteiger partial charge < -0.3 is 10.4 Å². The van der Waals surface area contributed by atoms with Crippen molar-refractivity contribution < 1.29 is 14.7 Å². The summed E-state index contributed by atoms with van der Waals surface area (Å²) in [5, 5.41) is 11.1. The normalized spacial score (nSPS) is 16.5. The monoisotopic (exact) mass is 197 g/mol. The largest absolute Gasteiger partial charge is 0.477 e. The molecule has 1 aliphatic carbocycles. The quantitative estimate of drug-likeness (QED) is 0.652. The summed E-state index contributed by atoms with van der Waals surface area (Å²) in [5.74, 6) is -0.780. The highest BCUT2D eigenvalue weighted by Gasteiger charge is 2.25. The zero-order valence-corrected chi connectivity index (χ0v) is 8.25. The Labute approximate surface area is 83.0 Å². The number of amides is 1. The predicted molar refractivity (Wildman–Crippen MR) is 51.5 cm³/mol. The van der Waals surface area contributed by atoms with Gasteiger partial charge in [0.1, 0.15) is 5.70 Å². The number of allylic oxidation sites excluding steroid dienone is 1. The first kappa shape index (κ1) is 10.8. The van der Waals surface area contributed by atoms with Crippen molar-refractivity contribution in [2.45, 2.75) is 32.6 Å². The van der Waals surface area contributed by atoms with Crippen LogP contribution in [0.1, 0.15) is 32.6 Å². The van der Waals surface area contributed by atoms with Crippen molar-refractivity contribution >= 4 is 11.9 Å². The van der Waals surface area contributed by atoms with Crippen LogP contribution in [0.4, 0.5) is 0 Å². The van der Waals surface area contributed by atoms with Crippen molar-refractivity contribution in [3.05, 3.63) is 11.8 Å². The standard InChI is InChI=1S/C10H15NO3/c1-2-3-8(10(13)14)11-9(12)6-7-4-5-7/h3,7H,2,4-6H2,1H3,(H,11,12)(H,13,14)/b8-3-. The topological polar surface area (TPSA) is 66.4 Å². The Morgan fingerprint density at radius 1 is 1.50 bits per heavy atom. The number of carbonyl (C=O) groups excluding carboxylic acids is 1. The summed E-state index contributed by atoms with van der Waals surface area (Å²) < 4.78 is 0. The first-order valence-corrected chi connectivity index (χ1v) is 4.86. The number of hydrogen-bond acceptors (Lipinski definition) is 2. The second-order valence-electron chi connectivity index (χ2n) is 3.53. The van der Waals surface area contributed by atoms with Crippen LogP contribution in [0.2, 0.25) is 0 Å². The Balaban J connectivity index is 2.41. The summed E-state index contributed by atoms with van der Waals surface area (Å²) in [5.41, 5.74) is -0.00171. The molecule has 0 aromatic heterocycles. The van der Waals surface area contributed by atoms with Gasteiger partial charge in [-0.3, -0.25) is 4.79 Å². The van der Waals surface area contributed by atoms with E-state index in [-0.39, 0.29) is 11.6 Å². The highest BCUT2D eigenvalue weighted by Crippen LogP contribution is 2.32. The number of aliphatic carboxylic acids is 1. The van der Waals surface area contributed by atoms with Crippen molar-refractivity contribution in [3.8, 4) is 0 Å². The fraction of sp³-hybridized carbons (Fsp3) is 0.600. The second kappa shape index (κ2) is 4.79. The van der Waals surface area contributed by atoms with E-state index in [1.54, 1.807) is 0 Å². The van der Waals surface area contributed by atoms with E-state index in [9.17, 15) is 9.59 Å². The maximum absolute atomic E-state index is 11.3. The summed E-state index contributed by atoms with van der Waals surface area (Å²) in [4.78, 5) is 21.9. The van der Waals surface area contributed by atoms with Gasteiger partial charge in [-0.15, -0.1) is 0 Å². The highest BCUT2D eigenvalue weighted by molar-refractivity contribution is 5.92. The van der Waals surface area contributed by atoms with Gasteiger partial charge in [0.25, 0.3) is 0 Å². The molecule has 0 spiro atoms. The van der Waals surface area contributed by atoms with E-state index in [1.165, 1.54) is 6.08 Å². The SMILES string of the molecule is CC/C=C(\NC(=O)CC1CC1)C(=O)O. The van der Waals surface area contributed by atoms with Crippen LogP contribution < -0.4 is 5.32 Å². The maximum Gasteiger partial charge on any atom is 0.352 e. The van der Waals surface area contributed by atoms with Crippen molar-refractivity contribution in [2.75, 3.05) is 0 Å². The van der Waals surface area contributed by atoms with Gasteiger partial charge in [0.2, 0.25) is 5.91 Å². The lowest BCUT2D eigenvalue weighted by molar-refractivity contribution is -0.134. The summed E-state index contributed by atoms with van der Waals surface area (Å²) in [6.07, 6.45) is 4.74. The summed E-state index contributed by atoms with van der Waals surface area (Å²) >= 11 is 0. The van der Waals surface area contributed by atoms with Gasteiger partial charge in [-0.25, -0.2) is 4.79 Å². The van der Waals surface area contributed by atoms with Crippen LogP contribution in [0.5, 0.6) is 0 Å². The third-order valence-electron chi connectivity index (χ3n) is 2.08. The number of nitrogens with one attached hydrogen (secondary N) is 1. The number of carbonyl (C=O) groups is 2. The van der Waals surface area contributed by atoms with Crippen molar-refractivity contribution in [1.82, 2.24) is 5.32 Å². The van der Waals surface area contributed by atoms with Crippen LogP contribution in [-0.4, -0.2) is 17.0 Å². The van der Waals surface area contributed by atoms with Crippen LogP contribution in [0.15, 0.2) is 11.8 Å². The van der Waals surface area contributed by atoms with Crippen LogP contribution in [0, 0.1) is 5.92 Å². The Bertz CT molecular complexity index is 267. The molecule has 0 bridgehead atoms. The molecule has 4 nitrogen and oxygen atoms in total. The smallest absolute Gasteiger partial charge is 0.352 e. The average Bonchev–Trinajstić information content (AvgIpc) is 2.87. The molecule has 0 radical (unpaired) electrons. The molecule has 0 aromatic carbocycles. The first-order chi connectivity index (χ1) is 6.63. The Hall–Kier alpha value is -1.32. The molecule has 4 heteroatoms. The minimum Gasteiger partial charge on any atom is -0.477 e. The predicted octanol–water partition coefficient (Wildman–Crippen LogP) is 1.28. The van der Waals surface area contributed by atoms with Gasteiger partial charge in [-0.2, -0.15) is 0 Å². The summed E-state index contributed by atoms with van der Waals surface area (Å²) in [6, 6.07) is 0. The Morgan fingerprint density at radius 3 is 2.57 bits per heavy atom. The van der Waals surface area contributed by atoms with E-state index < -0.39 is 5.97 Å². The fourth-order valence-electron chi connectivity index (χ4n) is 1.18. The molecule has 0 aromatic rings. The summed E-state index contributed by atoms with van der Waals surface area (Å²) in [7, 11) is 0. The molecule has 0 aliphatic heterocycles. The number of hydrogen-bond donors (Lipinski definition) is 2. The second-order valence-corrected chi connectivity index (χ2v) is 3.53. The molecule has 14 heavy (non-hydrogen) atoms. The molecule has 1 fully saturated rings. The van der Waals surface area contributed by atoms with Gasteiger partial charge in [-0.1, -0.05) is 13.0 Å². The highest BCUT2D eigenvalue weighted by atomic mass is 16.4. The minimum atomic E-state index is -1.07. The molecule has 1 saturated carbocycles. The van der Waals surface area contributed by atoms with Crippen LogP contribution in [0.25, 0.3) is 0 Å². The maximum atomic E-state index is 11.3. The molecule has 1 rings (SSSR count). The molecule has 2 N–H and O–H groups in total. The van der Waals surface area contributed by atoms with Crippen molar-refractivity contribution in [1.29, 1.82) is 0 Å². The molecule has 1 amide bonds. The lowest BCUT2D eigenvalue weighted by atomic mass is 10.2. The third-order valence-corrected chi connectivity index (χ3v) is 2.08.